The van der Waals surface area contributed by atoms with Gasteiger partial charge in [0.25, 0.3) is 5.91 Å². The van der Waals surface area contributed by atoms with Gasteiger partial charge < -0.3 is 15.7 Å². The molecule has 1 atom stereocenters. The van der Waals surface area contributed by atoms with Crippen LogP contribution in [0.25, 0.3) is 0 Å². The average Bonchev–Trinajstić information content (AvgIpc) is 2.46. The minimum absolute atomic E-state index is 0.108. The zero-order valence-corrected chi connectivity index (χ0v) is 13.5. The number of hydrogen-bond donors (Lipinski definition) is 3. The number of carboxylic acid groups (broad SMARTS) is 1. The first-order valence-corrected chi connectivity index (χ1v) is 7.30. The standard InChI is InChI=1S/C17H21N3O3/c1-11(2)7-15(17(22)23)20-16(21)13(9-18)10-19-14-6-4-5-12(3)8-14/h4-6,8,10-11,15,19H,7H2,1-3H3,(H,20,21)(H,22,23)/b13-10-. The molecule has 1 aromatic rings. The third-order valence-corrected chi connectivity index (χ3v) is 3.08. The summed E-state index contributed by atoms with van der Waals surface area (Å²) in [6, 6.07) is 8.20. The highest BCUT2D eigenvalue weighted by molar-refractivity contribution is 5.99. The van der Waals surface area contributed by atoms with Gasteiger partial charge in [0.15, 0.2) is 0 Å². The second-order valence-corrected chi connectivity index (χ2v) is 5.68. The molecule has 6 heteroatoms. The first-order chi connectivity index (χ1) is 10.8. The van der Waals surface area contributed by atoms with Crippen molar-refractivity contribution >= 4 is 17.6 Å². The summed E-state index contributed by atoms with van der Waals surface area (Å²) in [6.07, 6.45) is 1.57. The molecule has 0 aliphatic carbocycles. The van der Waals surface area contributed by atoms with Gasteiger partial charge in [0.2, 0.25) is 0 Å². The molecule has 0 spiro atoms. The van der Waals surface area contributed by atoms with Gasteiger partial charge in [0.1, 0.15) is 17.7 Å². The average molecular weight is 315 g/mol. The molecule has 23 heavy (non-hydrogen) atoms. The van der Waals surface area contributed by atoms with Crippen LogP contribution >= 0.6 is 0 Å². The molecule has 0 bridgehead atoms. The molecule has 0 fully saturated rings. The lowest BCUT2D eigenvalue weighted by Crippen LogP contribution is -2.42. The fourth-order valence-electron chi connectivity index (χ4n) is 1.97. The number of rotatable bonds is 7. The molecule has 3 N–H and O–H groups in total. The van der Waals surface area contributed by atoms with Crippen LogP contribution < -0.4 is 10.6 Å². The topological polar surface area (TPSA) is 102 Å². The Morgan fingerprint density at radius 1 is 1.39 bits per heavy atom. The largest absolute Gasteiger partial charge is 0.480 e. The van der Waals surface area contributed by atoms with E-state index in [1.165, 1.54) is 6.20 Å². The van der Waals surface area contributed by atoms with Gasteiger partial charge in [-0.2, -0.15) is 5.26 Å². The van der Waals surface area contributed by atoms with E-state index in [9.17, 15) is 9.59 Å². The number of amides is 1. The Hall–Kier alpha value is -2.81. The maximum atomic E-state index is 12.1. The van der Waals surface area contributed by atoms with Crippen molar-refractivity contribution in [2.75, 3.05) is 5.32 Å². The van der Waals surface area contributed by atoms with E-state index in [-0.39, 0.29) is 11.5 Å². The molecular weight excluding hydrogens is 294 g/mol. The molecule has 1 aromatic carbocycles. The van der Waals surface area contributed by atoms with Crippen molar-refractivity contribution in [3.8, 4) is 6.07 Å². The van der Waals surface area contributed by atoms with E-state index in [0.717, 1.165) is 11.3 Å². The summed E-state index contributed by atoms with van der Waals surface area (Å²) in [7, 11) is 0. The molecule has 1 rings (SSSR count). The second-order valence-electron chi connectivity index (χ2n) is 5.68. The number of carbonyl (C=O) groups is 2. The molecule has 0 saturated carbocycles. The molecule has 1 unspecified atom stereocenters. The summed E-state index contributed by atoms with van der Waals surface area (Å²) in [6.45, 7) is 5.65. The molecule has 6 nitrogen and oxygen atoms in total. The lowest BCUT2D eigenvalue weighted by atomic mass is 10.0. The summed E-state index contributed by atoms with van der Waals surface area (Å²) in [5, 5.41) is 23.5. The third-order valence-electron chi connectivity index (χ3n) is 3.08. The summed E-state index contributed by atoms with van der Waals surface area (Å²) < 4.78 is 0. The lowest BCUT2D eigenvalue weighted by Gasteiger charge is -2.16. The monoisotopic (exact) mass is 315 g/mol. The normalized spacial score (nSPS) is 12.4. The lowest BCUT2D eigenvalue weighted by molar-refractivity contribution is -0.141. The van der Waals surface area contributed by atoms with E-state index in [0.29, 0.717) is 6.42 Å². The van der Waals surface area contributed by atoms with Gasteiger partial charge in [-0.3, -0.25) is 4.79 Å². The molecule has 0 saturated heterocycles. The number of benzene rings is 1. The van der Waals surface area contributed by atoms with Crippen molar-refractivity contribution in [3.05, 3.63) is 41.6 Å². The van der Waals surface area contributed by atoms with Gasteiger partial charge in [-0.1, -0.05) is 26.0 Å². The highest BCUT2D eigenvalue weighted by Gasteiger charge is 2.22. The van der Waals surface area contributed by atoms with E-state index in [1.54, 1.807) is 12.1 Å². The highest BCUT2D eigenvalue weighted by atomic mass is 16.4. The summed E-state index contributed by atoms with van der Waals surface area (Å²) in [5.74, 6) is -1.71. The van der Waals surface area contributed by atoms with E-state index in [1.807, 2.05) is 39.0 Å². The fraction of sp³-hybridized carbons (Fsp3) is 0.353. The summed E-state index contributed by atoms with van der Waals surface area (Å²) in [5.41, 5.74) is 1.60. The van der Waals surface area contributed by atoms with E-state index >= 15 is 0 Å². The van der Waals surface area contributed by atoms with Crippen LogP contribution in [0, 0.1) is 24.2 Å². The van der Waals surface area contributed by atoms with E-state index in [2.05, 4.69) is 10.6 Å². The van der Waals surface area contributed by atoms with Gasteiger partial charge in [0.05, 0.1) is 0 Å². The van der Waals surface area contributed by atoms with Gasteiger partial charge >= 0.3 is 5.97 Å². The Morgan fingerprint density at radius 2 is 2.09 bits per heavy atom. The number of nitriles is 1. The Labute approximate surface area is 135 Å². The van der Waals surface area contributed by atoms with Gasteiger partial charge in [-0.15, -0.1) is 0 Å². The number of carbonyl (C=O) groups excluding carboxylic acids is 1. The smallest absolute Gasteiger partial charge is 0.326 e. The number of carboxylic acids is 1. The zero-order valence-electron chi connectivity index (χ0n) is 13.5. The van der Waals surface area contributed by atoms with Crippen molar-refractivity contribution in [1.29, 1.82) is 5.26 Å². The quantitative estimate of drug-likeness (QED) is 0.530. The molecule has 0 aliphatic rings. The summed E-state index contributed by atoms with van der Waals surface area (Å²) >= 11 is 0. The number of aliphatic carboxylic acids is 1. The SMILES string of the molecule is Cc1cccc(N/C=C(/C#N)C(=O)NC(CC(C)C)C(=O)O)c1. The third kappa shape index (κ3) is 6.22. The Balaban J connectivity index is 2.79. The van der Waals surface area contributed by atoms with Crippen molar-refractivity contribution < 1.29 is 14.7 Å². The van der Waals surface area contributed by atoms with Crippen LogP contribution in [-0.4, -0.2) is 23.0 Å². The molecule has 1 amide bonds. The van der Waals surface area contributed by atoms with Gasteiger partial charge in [-0.25, -0.2) is 4.79 Å². The maximum absolute atomic E-state index is 12.1. The predicted octanol–water partition coefficient (Wildman–Crippen LogP) is 2.43. The van der Waals surface area contributed by atoms with Crippen LogP contribution in [-0.2, 0) is 9.59 Å². The molecular formula is C17H21N3O3. The van der Waals surface area contributed by atoms with Crippen LogP contribution in [0.4, 0.5) is 5.69 Å². The summed E-state index contributed by atoms with van der Waals surface area (Å²) in [4.78, 5) is 23.2. The number of anilines is 1. The van der Waals surface area contributed by atoms with Crippen LogP contribution in [0.1, 0.15) is 25.8 Å². The highest BCUT2D eigenvalue weighted by Crippen LogP contribution is 2.10. The van der Waals surface area contributed by atoms with Crippen molar-refractivity contribution in [3.63, 3.8) is 0 Å². The first kappa shape index (κ1) is 18.2. The predicted molar refractivity (Wildman–Crippen MR) is 87.5 cm³/mol. The first-order valence-electron chi connectivity index (χ1n) is 7.30. The Morgan fingerprint density at radius 3 is 2.61 bits per heavy atom. The minimum Gasteiger partial charge on any atom is -0.480 e. The molecule has 0 aromatic heterocycles. The maximum Gasteiger partial charge on any atom is 0.326 e. The molecule has 122 valence electrons. The van der Waals surface area contributed by atoms with Crippen molar-refractivity contribution in [1.82, 2.24) is 5.32 Å². The van der Waals surface area contributed by atoms with Crippen LogP contribution in [0.15, 0.2) is 36.0 Å². The van der Waals surface area contributed by atoms with Crippen molar-refractivity contribution in [2.45, 2.75) is 33.2 Å². The molecule has 0 radical (unpaired) electrons. The fourth-order valence-corrected chi connectivity index (χ4v) is 1.97. The van der Waals surface area contributed by atoms with Crippen LogP contribution in [0.3, 0.4) is 0 Å². The van der Waals surface area contributed by atoms with Crippen LogP contribution in [0.5, 0.6) is 0 Å². The Bertz CT molecular complexity index is 645. The van der Waals surface area contributed by atoms with Gasteiger partial charge in [-0.05, 0) is 37.0 Å². The minimum atomic E-state index is -1.11. The zero-order chi connectivity index (χ0) is 17.4. The van der Waals surface area contributed by atoms with Gasteiger partial charge in [0, 0.05) is 11.9 Å². The van der Waals surface area contributed by atoms with Crippen LogP contribution in [0.2, 0.25) is 0 Å². The number of nitrogens with zero attached hydrogens (tertiary/aromatic N) is 1. The molecule has 0 heterocycles. The number of hydrogen-bond acceptors (Lipinski definition) is 4. The number of nitrogens with one attached hydrogen (secondary N) is 2. The molecule has 0 aliphatic heterocycles. The number of aryl methyl sites for hydroxylation is 1. The Kier molecular flexibility index (Phi) is 6.81. The van der Waals surface area contributed by atoms with E-state index in [4.69, 9.17) is 10.4 Å². The second kappa shape index (κ2) is 8.59. The van der Waals surface area contributed by atoms with Crippen molar-refractivity contribution in [2.24, 2.45) is 5.92 Å². The van der Waals surface area contributed by atoms with E-state index < -0.39 is 17.9 Å².